The Labute approximate surface area is 59.1 Å². The van der Waals surface area contributed by atoms with Crippen LogP contribution in [0.2, 0.25) is 0 Å². The summed E-state index contributed by atoms with van der Waals surface area (Å²) in [5.41, 5.74) is 0. The van der Waals surface area contributed by atoms with E-state index < -0.39 is 0 Å². The number of hydrogen-bond donors (Lipinski definition) is 2. The molecule has 0 spiro atoms. The smallest absolute Gasteiger partial charge is 0.322 e. The Bertz CT molecular complexity index is 146. The molecule has 0 bridgehead atoms. The van der Waals surface area contributed by atoms with E-state index in [2.05, 4.69) is 17.9 Å². The molecule has 4 heteroatoms. The predicted octanol–water partition coefficient (Wildman–Crippen LogP) is 0.413. The summed E-state index contributed by atoms with van der Waals surface area (Å²) in [6, 6.07) is -0.0764. The van der Waals surface area contributed by atoms with Crippen LogP contribution in [0.15, 0.2) is 12.3 Å². The van der Waals surface area contributed by atoms with Gasteiger partial charge in [-0.05, 0) is 6.08 Å². The van der Waals surface area contributed by atoms with E-state index >= 15 is 0 Å². The number of carbonyl (C=O) groups is 1. The van der Waals surface area contributed by atoms with E-state index in [0.29, 0.717) is 12.4 Å². The molecule has 0 aromatic rings. The van der Waals surface area contributed by atoms with Gasteiger partial charge in [0.25, 0.3) is 0 Å². The van der Waals surface area contributed by atoms with Crippen LogP contribution in [-0.2, 0) is 0 Å². The van der Waals surface area contributed by atoms with E-state index in [1.54, 1.807) is 6.20 Å². The molecule has 1 heterocycles. The number of urea groups is 1. The number of hydrogen-bond acceptors (Lipinski definition) is 2. The molecule has 0 saturated carbocycles. The Kier molecular flexibility index (Phi) is 2.00. The molecule has 0 fully saturated rings. The molecule has 0 unspecified atom stereocenters. The van der Waals surface area contributed by atoms with Crippen molar-refractivity contribution in [3.63, 3.8) is 0 Å². The fourth-order valence-corrected chi connectivity index (χ4v) is 0.830. The van der Waals surface area contributed by atoms with Crippen molar-refractivity contribution in [2.24, 2.45) is 0 Å². The third kappa shape index (κ3) is 1.38. The third-order valence-electron chi connectivity index (χ3n) is 1.07. The second-order valence-corrected chi connectivity index (χ2v) is 1.96. The van der Waals surface area contributed by atoms with E-state index in [0.717, 1.165) is 0 Å². The van der Waals surface area contributed by atoms with E-state index in [1.165, 1.54) is 4.90 Å². The van der Waals surface area contributed by atoms with Crippen molar-refractivity contribution in [2.45, 2.75) is 0 Å². The van der Waals surface area contributed by atoms with Gasteiger partial charge < -0.3 is 5.32 Å². The standard InChI is InChI=1S/C5H8N2OS/c8-5-6-2-1-3-7(5)4-9/h1,3,9H,2,4H2,(H,6,8). The molecule has 0 atom stereocenters. The lowest BCUT2D eigenvalue weighted by molar-refractivity contribution is 0.220. The zero-order valence-electron chi connectivity index (χ0n) is 4.87. The van der Waals surface area contributed by atoms with Gasteiger partial charge >= 0.3 is 6.03 Å². The number of thiol groups is 1. The zero-order valence-corrected chi connectivity index (χ0v) is 5.77. The van der Waals surface area contributed by atoms with Crippen molar-refractivity contribution in [1.82, 2.24) is 10.2 Å². The van der Waals surface area contributed by atoms with Crippen molar-refractivity contribution in [3.8, 4) is 0 Å². The van der Waals surface area contributed by atoms with Crippen molar-refractivity contribution in [3.05, 3.63) is 12.3 Å². The van der Waals surface area contributed by atoms with Gasteiger partial charge in [0.2, 0.25) is 0 Å². The molecule has 50 valence electrons. The summed E-state index contributed by atoms with van der Waals surface area (Å²) in [5, 5.41) is 2.63. The molecule has 1 aliphatic rings. The van der Waals surface area contributed by atoms with Crippen LogP contribution < -0.4 is 5.32 Å². The van der Waals surface area contributed by atoms with Gasteiger partial charge in [0.1, 0.15) is 0 Å². The fraction of sp³-hybridized carbons (Fsp3) is 0.400. The van der Waals surface area contributed by atoms with Gasteiger partial charge in [0.15, 0.2) is 0 Å². The largest absolute Gasteiger partial charge is 0.334 e. The molecule has 0 aliphatic carbocycles. The topological polar surface area (TPSA) is 32.3 Å². The lowest BCUT2D eigenvalue weighted by atomic mass is 10.5. The van der Waals surface area contributed by atoms with Crippen molar-refractivity contribution < 1.29 is 4.79 Å². The molecule has 3 nitrogen and oxygen atoms in total. The zero-order chi connectivity index (χ0) is 6.69. The van der Waals surface area contributed by atoms with Crippen LogP contribution in [0.3, 0.4) is 0 Å². The minimum atomic E-state index is -0.0764. The first-order valence-electron chi connectivity index (χ1n) is 2.66. The monoisotopic (exact) mass is 144 g/mol. The first-order chi connectivity index (χ1) is 4.34. The van der Waals surface area contributed by atoms with Gasteiger partial charge in [-0.3, -0.25) is 4.90 Å². The molecular weight excluding hydrogens is 136 g/mol. The minimum Gasteiger partial charge on any atom is -0.334 e. The quantitative estimate of drug-likeness (QED) is 0.513. The molecule has 9 heavy (non-hydrogen) atoms. The van der Waals surface area contributed by atoms with Crippen LogP contribution in [0.4, 0.5) is 4.79 Å². The third-order valence-corrected chi connectivity index (χ3v) is 1.37. The highest BCUT2D eigenvalue weighted by molar-refractivity contribution is 7.80. The summed E-state index contributed by atoms with van der Waals surface area (Å²) in [6.45, 7) is 0.628. The van der Waals surface area contributed by atoms with Crippen LogP contribution in [0, 0.1) is 0 Å². The highest BCUT2D eigenvalue weighted by Gasteiger charge is 2.09. The summed E-state index contributed by atoms with van der Waals surface area (Å²) >= 11 is 3.94. The SMILES string of the molecule is O=C1NCC=CN1CS. The number of rotatable bonds is 1. The normalized spacial score (nSPS) is 17.9. The van der Waals surface area contributed by atoms with Gasteiger partial charge in [-0.2, -0.15) is 12.6 Å². The van der Waals surface area contributed by atoms with Gasteiger partial charge in [-0.25, -0.2) is 4.79 Å². The molecule has 0 aromatic heterocycles. The average molecular weight is 144 g/mol. The van der Waals surface area contributed by atoms with E-state index in [4.69, 9.17) is 0 Å². The highest BCUT2D eigenvalue weighted by atomic mass is 32.1. The Morgan fingerprint density at radius 3 is 3.11 bits per heavy atom. The van der Waals surface area contributed by atoms with Crippen molar-refractivity contribution in [1.29, 1.82) is 0 Å². The molecule has 1 N–H and O–H groups in total. The van der Waals surface area contributed by atoms with Crippen LogP contribution in [0.25, 0.3) is 0 Å². The van der Waals surface area contributed by atoms with Gasteiger partial charge in [-0.15, -0.1) is 0 Å². The molecule has 2 amide bonds. The average Bonchev–Trinajstić information content (AvgIpc) is 1.89. The first kappa shape index (κ1) is 6.48. The van der Waals surface area contributed by atoms with Crippen LogP contribution >= 0.6 is 12.6 Å². The summed E-state index contributed by atoms with van der Waals surface area (Å²) < 4.78 is 0. The summed E-state index contributed by atoms with van der Waals surface area (Å²) in [5.74, 6) is 0.433. The van der Waals surface area contributed by atoms with E-state index in [9.17, 15) is 4.79 Å². The Hall–Kier alpha value is -0.640. The maximum atomic E-state index is 10.7. The molecule has 0 saturated heterocycles. The second kappa shape index (κ2) is 2.77. The van der Waals surface area contributed by atoms with Crippen LogP contribution in [-0.4, -0.2) is 23.4 Å². The molecule has 0 radical (unpaired) electrons. The lowest BCUT2D eigenvalue weighted by Gasteiger charge is -2.19. The van der Waals surface area contributed by atoms with Crippen molar-refractivity contribution >= 4 is 18.7 Å². The van der Waals surface area contributed by atoms with Gasteiger partial charge in [0, 0.05) is 12.7 Å². The summed E-state index contributed by atoms with van der Waals surface area (Å²) in [4.78, 5) is 12.2. The fourth-order valence-electron chi connectivity index (χ4n) is 0.607. The van der Waals surface area contributed by atoms with Gasteiger partial charge in [0.05, 0.1) is 5.88 Å². The summed E-state index contributed by atoms with van der Waals surface area (Å²) in [6.07, 6.45) is 3.60. The Morgan fingerprint density at radius 1 is 1.89 bits per heavy atom. The lowest BCUT2D eigenvalue weighted by Crippen LogP contribution is -2.39. The number of nitrogens with one attached hydrogen (secondary N) is 1. The maximum absolute atomic E-state index is 10.7. The van der Waals surface area contributed by atoms with E-state index in [1.807, 2.05) is 6.08 Å². The Balaban J connectivity index is 2.57. The highest BCUT2D eigenvalue weighted by Crippen LogP contribution is 1.96. The van der Waals surface area contributed by atoms with E-state index in [-0.39, 0.29) is 6.03 Å². The maximum Gasteiger partial charge on any atom is 0.322 e. The molecular formula is C5H8N2OS. The number of carbonyl (C=O) groups excluding carboxylic acids is 1. The molecule has 0 aromatic carbocycles. The van der Waals surface area contributed by atoms with Crippen LogP contribution in [0.5, 0.6) is 0 Å². The second-order valence-electron chi connectivity index (χ2n) is 1.68. The number of amides is 2. The molecule has 1 rings (SSSR count). The minimum absolute atomic E-state index is 0.0764. The van der Waals surface area contributed by atoms with Crippen molar-refractivity contribution in [2.75, 3.05) is 12.4 Å². The Morgan fingerprint density at radius 2 is 2.67 bits per heavy atom. The number of nitrogens with zero attached hydrogens (tertiary/aromatic N) is 1. The van der Waals surface area contributed by atoms with Crippen LogP contribution in [0.1, 0.15) is 0 Å². The molecule has 1 aliphatic heterocycles. The summed E-state index contributed by atoms with van der Waals surface area (Å²) in [7, 11) is 0. The predicted molar refractivity (Wildman–Crippen MR) is 38.2 cm³/mol. The first-order valence-corrected chi connectivity index (χ1v) is 3.30. The van der Waals surface area contributed by atoms with Gasteiger partial charge in [-0.1, -0.05) is 0 Å².